The third kappa shape index (κ3) is 3.38. The summed E-state index contributed by atoms with van der Waals surface area (Å²) in [7, 11) is 0. The topological polar surface area (TPSA) is 9.23 Å². The molecule has 1 nitrogen and oxygen atoms in total. The van der Waals surface area contributed by atoms with E-state index in [-0.39, 0.29) is 5.41 Å². The fourth-order valence-electron chi connectivity index (χ4n) is 7.99. The van der Waals surface area contributed by atoms with E-state index in [0.29, 0.717) is 0 Å². The molecule has 1 aliphatic heterocycles. The Morgan fingerprint density at radius 3 is 2.11 bits per heavy atom. The normalized spacial score (nSPS) is 13.9. The maximum Gasteiger partial charge on any atom is 0.135 e. The van der Waals surface area contributed by atoms with Crippen LogP contribution >= 0.6 is 11.3 Å². The van der Waals surface area contributed by atoms with Crippen molar-refractivity contribution in [1.82, 2.24) is 0 Å². The minimum Gasteiger partial charge on any atom is -0.456 e. The van der Waals surface area contributed by atoms with E-state index in [1.165, 1.54) is 81.0 Å². The zero-order valence-corrected chi connectivity index (χ0v) is 25.8. The molecule has 0 bridgehead atoms. The molecule has 10 rings (SSSR count). The highest BCUT2D eigenvalue weighted by Gasteiger charge is 2.37. The van der Waals surface area contributed by atoms with Gasteiger partial charge in [-0.3, -0.25) is 0 Å². The van der Waals surface area contributed by atoms with Crippen LogP contribution in [0.2, 0.25) is 0 Å². The van der Waals surface area contributed by atoms with Crippen molar-refractivity contribution in [3.8, 4) is 56.0 Å². The first-order valence-electron chi connectivity index (χ1n) is 15.6. The van der Waals surface area contributed by atoms with Crippen LogP contribution in [0.15, 0.2) is 133 Å². The Hall–Kier alpha value is -5.18. The number of ether oxygens (including phenoxy) is 1. The second-order valence-corrected chi connectivity index (χ2v) is 13.9. The van der Waals surface area contributed by atoms with E-state index in [1.807, 2.05) is 11.3 Å². The van der Waals surface area contributed by atoms with Gasteiger partial charge in [-0.1, -0.05) is 123 Å². The molecule has 212 valence electrons. The van der Waals surface area contributed by atoms with Crippen LogP contribution < -0.4 is 4.74 Å². The quantitative estimate of drug-likeness (QED) is 0.194. The van der Waals surface area contributed by atoms with Gasteiger partial charge in [-0.15, -0.1) is 11.3 Å². The van der Waals surface area contributed by atoms with Crippen LogP contribution in [-0.2, 0) is 5.41 Å². The van der Waals surface area contributed by atoms with Gasteiger partial charge in [0.25, 0.3) is 0 Å². The molecule has 45 heavy (non-hydrogen) atoms. The lowest BCUT2D eigenvalue weighted by molar-refractivity contribution is 0.487. The molecular formula is C43H28OS. The number of hydrogen-bond acceptors (Lipinski definition) is 2. The number of thiophene rings is 1. The molecule has 1 aromatic heterocycles. The van der Waals surface area contributed by atoms with Crippen LogP contribution in [0.5, 0.6) is 11.5 Å². The number of hydrogen-bond donors (Lipinski definition) is 0. The molecule has 0 radical (unpaired) electrons. The highest BCUT2D eigenvalue weighted by atomic mass is 32.1. The number of fused-ring (bicyclic) bond motifs is 8. The largest absolute Gasteiger partial charge is 0.456 e. The zero-order chi connectivity index (χ0) is 29.9. The monoisotopic (exact) mass is 592 g/mol. The minimum atomic E-state index is -0.0377. The Morgan fingerprint density at radius 2 is 1.18 bits per heavy atom. The van der Waals surface area contributed by atoms with Gasteiger partial charge in [0.1, 0.15) is 11.5 Å². The van der Waals surface area contributed by atoms with Crippen LogP contribution in [0.25, 0.3) is 75.5 Å². The summed E-state index contributed by atoms with van der Waals surface area (Å²) in [6.45, 7) is 4.70. The highest BCUT2D eigenvalue weighted by molar-refractivity contribution is 7.26. The molecule has 0 atom stereocenters. The molecule has 7 aromatic carbocycles. The van der Waals surface area contributed by atoms with Crippen LogP contribution in [0, 0.1) is 0 Å². The fraction of sp³-hybridized carbons (Fsp3) is 0.0698. The Morgan fingerprint density at radius 1 is 0.489 bits per heavy atom. The zero-order valence-electron chi connectivity index (χ0n) is 25.0. The first-order chi connectivity index (χ1) is 22.1. The van der Waals surface area contributed by atoms with Gasteiger partial charge in [-0.25, -0.2) is 0 Å². The Kier molecular flexibility index (Phi) is 5.00. The van der Waals surface area contributed by atoms with Crippen molar-refractivity contribution in [2.75, 3.05) is 0 Å². The first-order valence-corrected chi connectivity index (χ1v) is 16.4. The average molecular weight is 593 g/mol. The van der Waals surface area contributed by atoms with Crippen molar-refractivity contribution in [3.63, 3.8) is 0 Å². The van der Waals surface area contributed by atoms with E-state index >= 15 is 0 Å². The third-order valence-electron chi connectivity index (χ3n) is 10.1. The van der Waals surface area contributed by atoms with Gasteiger partial charge in [0.05, 0.1) is 0 Å². The standard InChI is InChI=1S/C43H28OS/c1-43(2)35-17-5-3-11-33(35)40-29(15-9-18-36(40)43)27-21-23-38-41-30(27)13-8-14-31(41)34-24-25(20-22-37(34)44-38)26-12-7-16-32-28-10-4-6-19-39(28)45-42(26)32/h3-24H,1-2H3. The van der Waals surface area contributed by atoms with E-state index in [0.717, 1.165) is 17.1 Å². The van der Waals surface area contributed by atoms with E-state index in [1.54, 1.807) is 0 Å². The van der Waals surface area contributed by atoms with E-state index in [9.17, 15) is 0 Å². The van der Waals surface area contributed by atoms with Crippen LogP contribution in [0.4, 0.5) is 0 Å². The highest BCUT2D eigenvalue weighted by Crippen LogP contribution is 2.55. The summed E-state index contributed by atoms with van der Waals surface area (Å²) in [6.07, 6.45) is 0. The minimum absolute atomic E-state index is 0.0377. The van der Waals surface area contributed by atoms with E-state index < -0.39 is 0 Å². The molecule has 2 heterocycles. The lowest BCUT2D eigenvalue weighted by Gasteiger charge is -2.24. The molecule has 0 N–H and O–H groups in total. The van der Waals surface area contributed by atoms with Crippen LogP contribution in [0.3, 0.4) is 0 Å². The predicted octanol–water partition coefficient (Wildman–Crippen LogP) is 12.6. The van der Waals surface area contributed by atoms with Crippen molar-refractivity contribution in [3.05, 3.63) is 145 Å². The summed E-state index contributed by atoms with van der Waals surface area (Å²) in [4.78, 5) is 0. The second kappa shape index (κ2) is 8.94. The first kappa shape index (κ1) is 25.2. The molecule has 1 aliphatic carbocycles. The smallest absolute Gasteiger partial charge is 0.135 e. The molecule has 0 fully saturated rings. The number of benzene rings is 7. The van der Waals surface area contributed by atoms with Crippen LogP contribution in [-0.4, -0.2) is 0 Å². The van der Waals surface area contributed by atoms with Gasteiger partial charge < -0.3 is 4.74 Å². The van der Waals surface area contributed by atoms with Crippen molar-refractivity contribution in [1.29, 1.82) is 0 Å². The van der Waals surface area contributed by atoms with Crippen molar-refractivity contribution in [2.24, 2.45) is 0 Å². The molecule has 8 aromatic rings. The van der Waals surface area contributed by atoms with Gasteiger partial charge in [0.2, 0.25) is 0 Å². The summed E-state index contributed by atoms with van der Waals surface area (Å²) in [5.74, 6) is 1.83. The van der Waals surface area contributed by atoms with Crippen molar-refractivity contribution >= 4 is 42.3 Å². The molecule has 0 spiro atoms. The van der Waals surface area contributed by atoms with Crippen molar-refractivity contribution in [2.45, 2.75) is 19.3 Å². The molecule has 0 saturated carbocycles. The van der Waals surface area contributed by atoms with Crippen molar-refractivity contribution < 1.29 is 4.74 Å². The molecular weight excluding hydrogens is 565 g/mol. The molecule has 2 aliphatic rings. The summed E-state index contributed by atoms with van der Waals surface area (Å²) < 4.78 is 9.31. The summed E-state index contributed by atoms with van der Waals surface area (Å²) >= 11 is 1.88. The van der Waals surface area contributed by atoms with Gasteiger partial charge in [-0.2, -0.15) is 0 Å². The average Bonchev–Trinajstić information content (AvgIpc) is 3.58. The molecule has 0 amide bonds. The molecule has 0 saturated heterocycles. The fourth-order valence-corrected chi connectivity index (χ4v) is 9.23. The Bertz CT molecular complexity index is 2550. The van der Waals surface area contributed by atoms with E-state index in [4.69, 9.17) is 4.74 Å². The van der Waals surface area contributed by atoms with Crippen LogP contribution in [0.1, 0.15) is 25.0 Å². The Labute approximate surface area is 266 Å². The maximum absolute atomic E-state index is 6.65. The Balaban J connectivity index is 1.18. The molecule has 2 heteroatoms. The summed E-state index contributed by atoms with van der Waals surface area (Å²) in [5.41, 5.74) is 12.8. The molecule has 0 unspecified atom stereocenters. The van der Waals surface area contributed by atoms with Gasteiger partial charge in [0, 0.05) is 36.5 Å². The third-order valence-corrected chi connectivity index (χ3v) is 11.3. The van der Waals surface area contributed by atoms with E-state index in [2.05, 4.69) is 147 Å². The lowest BCUT2D eigenvalue weighted by atomic mass is 9.81. The van der Waals surface area contributed by atoms with Gasteiger partial charge in [0.15, 0.2) is 0 Å². The maximum atomic E-state index is 6.65. The summed E-state index contributed by atoms with van der Waals surface area (Å²) in [5, 5.41) is 5.05. The lowest BCUT2D eigenvalue weighted by Crippen LogP contribution is -2.14. The number of rotatable bonds is 2. The second-order valence-electron chi connectivity index (χ2n) is 12.8. The SMILES string of the molecule is CC1(C)c2ccccc2-c2c(-c3ccc4c5c(cccc35)-c3cc(-c5cccc6c5sc5ccccc56)ccc3O4)cccc21. The van der Waals surface area contributed by atoms with Gasteiger partial charge >= 0.3 is 0 Å². The summed E-state index contributed by atoms with van der Waals surface area (Å²) in [6, 6.07) is 49.0. The van der Waals surface area contributed by atoms with Gasteiger partial charge in [-0.05, 0) is 79.7 Å². The predicted molar refractivity (Wildman–Crippen MR) is 191 cm³/mol.